The van der Waals surface area contributed by atoms with Crippen LogP contribution in [0.4, 0.5) is 0 Å². The molecule has 0 saturated carbocycles. The fourth-order valence-corrected chi connectivity index (χ4v) is 2.33. The molecule has 130 valence electrons. The largest absolute Gasteiger partial charge is 0.465 e. The van der Waals surface area contributed by atoms with E-state index in [1.54, 1.807) is 33.8 Å². The highest BCUT2D eigenvalue weighted by atomic mass is 16.5. The van der Waals surface area contributed by atoms with Gasteiger partial charge in [-0.3, -0.25) is 10.1 Å². The first-order valence-corrected chi connectivity index (χ1v) is 8.00. The molecule has 0 aliphatic rings. The van der Waals surface area contributed by atoms with Crippen LogP contribution in [0.2, 0.25) is 0 Å². The minimum atomic E-state index is -0.889. The summed E-state index contributed by atoms with van der Waals surface area (Å²) in [5.74, 6) is -0.708. The Morgan fingerprint density at radius 1 is 1.12 bits per heavy atom. The molecule has 0 aliphatic carbocycles. The normalized spacial score (nSPS) is 11.5. The van der Waals surface area contributed by atoms with Crippen LogP contribution in [-0.2, 0) is 20.8 Å². The topological polar surface area (TPSA) is 77.8 Å². The van der Waals surface area contributed by atoms with Gasteiger partial charge < -0.3 is 13.9 Å². The van der Waals surface area contributed by atoms with E-state index in [9.17, 15) is 9.59 Å². The molecule has 0 saturated heterocycles. The van der Waals surface area contributed by atoms with E-state index in [-0.39, 0.29) is 24.9 Å². The first-order chi connectivity index (χ1) is 11.4. The van der Waals surface area contributed by atoms with Crippen molar-refractivity contribution in [1.29, 1.82) is 0 Å². The van der Waals surface area contributed by atoms with E-state index < -0.39 is 11.5 Å². The van der Waals surface area contributed by atoms with Gasteiger partial charge >= 0.3 is 11.9 Å². The number of esters is 2. The van der Waals surface area contributed by atoms with E-state index in [1.807, 2.05) is 18.2 Å². The molecule has 2 aromatic rings. The van der Waals surface area contributed by atoms with Crippen molar-refractivity contribution in [2.45, 2.75) is 39.8 Å². The molecule has 0 atom stereocenters. The molecule has 1 aromatic carbocycles. The van der Waals surface area contributed by atoms with Gasteiger partial charge in [0.1, 0.15) is 11.1 Å². The Labute approximate surface area is 141 Å². The molecule has 0 bridgehead atoms. The van der Waals surface area contributed by atoms with Crippen molar-refractivity contribution < 1.29 is 23.5 Å². The van der Waals surface area contributed by atoms with E-state index in [2.05, 4.69) is 5.32 Å². The lowest BCUT2D eigenvalue weighted by atomic mass is 10.0. The Morgan fingerprint density at radius 3 is 2.46 bits per heavy atom. The van der Waals surface area contributed by atoms with Crippen molar-refractivity contribution in [3.8, 4) is 0 Å². The molecule has 6 nitrogen and oxygen atoms in total. The molecule has 0 fully saturated rings. The predicted molar refractivity (Wildman–Crippen MR) is 89.7 cm³/mol. The third-order valence-corrected chi connectivity index (χ3v) is 3.65. The lowest BCUT2D eigenvalue weighted by Gasteiger charge is -2.23. The lowest BCUT2D eigenvalue weighted by molar-refractivity contribution is -0.149. The van der Waals surface area contributed by atoms with Gasteiger partial charge in [-0.1, -0.05) is 18.2 Å². The second-order valence-electron chi connectivity index (χ2n) is 5.83. The SMILES string of the molecule is CCOC(=O)c1oc2ccccc2c1CNC(C)(C)C(=O)OCC. The van der Waals surface area contributed by atoms with Crippen molar-refractivity contribution >= 4 is 22.9 Å². The van der Waals surface area contributed by atoms with E-state index in [4.69, 9.17) is 13.9 Å². The van der Waals surface area contributed by atoms with E-state index >= 15 is 0 Å². The molecule has 6 heteroatoms. The van der Waals surface area contributed by atoms with E-state index in [0.717, 1.165) is 5.39 Å². The Morgan fingerprint density at radius 2 is 1.79 bits per heavy atom. The van der Waals surface area contributed by atoms with E-state index in [0.29, 0.717) is 17.8 Å². The summed E-state index contributed by atoms with van der Waals surface area (Å²) in [6.07, 6.45) is 0. The number of nitrogens with one attached hydrogen (secondary N) is 1. The van der Waals surface area contributed by atoms with Gasteiger partial charge in [0.25, 0.3) is 0 Å². The van der Waals surface area contributed by atoms with Crippen LogP contribution in [0.15, 0.2) is 28.7 Å². The van der Waals surface area contributed by atoms with Crippen molar-refractivity contribution in [3.63, 3.8) is 0 Å². The number of para-hydroxylation sites is 1. The molecule has 0 unspecified atom stereocenters. The third-order valence-electron chi connectivity index (χ3n) is 3.65. The molecule has 1 heterocycles. The Kier molecular flexibility index (Phi) is 5.62. The van der Waals surface area contributed by atoms with Crippen LogP contribution in [-0.4, -0.2) is 30.7 Å². The minimum absolute atomic E-state index is 0.158. The zero-order valence-corrected chi connectivity index (χ0v) is 14.5. The van der Waals surface area contributed by atoms with Crippen LogP contribution in [0.3, 0.4) is 0 Å². The van der Waals surface area contributed by atoms with Crippen molar-refractivity contribution in [1.82, 2.24) is 5.32 Å². The predicted octanol–water partition coefficient (Wildman–Crippen LogP) is 3.04. The molecular formula is C18H23NO5. The monoisotopic (exact) mass is 333 g/mol. The summed E-state index contributed by atoms with van der Waals surface area (Å²) in [4.78, 5) is 24.2. The summed E-state index contributed by atoms with van der Waals surface area (Å²) >= 11 is 0. The number of carbonyl (C=O) groups excluding carboxylic acids is 2. The fourth-order valence-electron chi connectivity index (χ4n) is 2.33. The highest BCUT2D eigenvalue weighted by molar-refractivity contribution is 5.96. The zero-order chi connectivity index (χ0) is 17.7. The molecule has 0 amide bonds. The van der Waals surface area contributed by atoms with Crippen LogP contribution in [0.25, 0.3) is 11.0 Å². The second kappa shape index (κ2) is 7.49. The maximum Gasteiger partial charge on any atom is 0.374 e. The molecule has 0 spiro atoms. The van der Waals surface area contributed by atoms with E-state index in [1.165, 1.54) is 0 Å². The summed E-state index contributed by atoms with van der Waals surface area (Å²) < 4.78 is 15.8. The van der Waals surface area contributed by atoms with Crippen LogP contribution >= 0.6 is 0 Å². The highest BCUT2D eigenvalue weighted by Crippen LogP contribution is 2.27. The standard InChI is InChI=1S/C18H23NO5/c1-5-22-16(20)15-13(12-9-7-8-10-14(12)24-15)11-19-18(3,4)17(21)23-6-2/h7-10,19H,5-6,11H2,1-4H3. The highest BCUT2D eigenvalue weighted by Gasteiger charge is 2.30. The number of rotatable bonds is 7. The summed E-state index contributed by atoms with van der Waals surface area (Å²) in [7, 11) is 0. The van der Waals surface area contributed by atoms with Gasteiger partial charge in [-0.15, -0.1) is 0 Å². The summed E-state index contributed by atoms with van der Waals surface area (Å²) in [5, 5.41) is 3.95. The molecule has 24 heavy (non-hydrogen) atoms. The number of benzene rings is 1. The van der Waals surface area contributed by atoms with Gasteiger partial charge in [0.05, 0.1) is 13.2 Å². The fraction of sp³-hybridized carbons (Fsp3) is 0.444. The maximum atomic E-state index is 12.2. The van der Waals surface area contributed by atoms with Crippen LogP contribution < -0.4 is 5.32 Å². The number of furan rings is 1. The van der Waals surface area contributed by atoms with Gasteiger partial charge in [-0.05, 0) is 33.8 Å². The zero-order valence-electron chi connectivity index (χ0n) is 14.5. The van der Waals surface area contributed by atoms with Crippen LogP contribution in [0.5, 0.6) is 0 Å². The molecule has 2 rings (SSSR count). The quantitative estimate of drug-likeness (QED) is 0.785. The Balaban J connectivity index is 2.31. The lowest BCUT2D eigenvalue weighted by Crippen LogP contribution is -2.47. The summed E-state index contributed by atoms with van der Waals surface area (Å²) in [5.41, 5.74) is 0.382. The minimum Gasteiger partial charge on any atom is -0.465 e. The number of hydrogen-bond acceptors (Lipinski definition) is 6. The van der Waals surface area contributed by atoms with Gasteiger partial charge in [-0.2, -0.15) is 0 Å². The molecule has 1 aromatic heterocycles. The smallest absolute Gasteiger partial charge is 0.374 e. The average molecular weight is 333 g/mol. The van der Waals surface area contributed by atoms with Crippen LogP contribution in [0.1, 0.15) is 43.8 Å². The number of hydrogen-bond donors (Lipinski definition) is 1. The van der Waals surface area contributed by atoms with Gasteiger partial charge in [0.2, 0.25) is 5.76 Å². The molecular weight excluding hydrogens is 310 g/mol. The summed E-state index contributed by atoms with van der Waals surface area (Å²) in [6.45, 7) is 7.81. The van der Waals surface area contributed by atoms with Gasteiger partial charge in [0, 0.05) is 17.5 Å². The second-order valence-corrected chi connectivity index (χ2v) is 5.83. The number of ether oxygens (including phenoxy) is 2. The van der Waals surface area contributed by atoms with Gasteiger partial charge in [0.15, 0.2) is 0 Å². The maximum absolute atomic E-state index is 12.2. The molecule has 0 aliphatic heterocycles. The van der Waals surface area contributed by atoms with Gasteiger partial charge in [-0.25, -0.2) is 4.79 Å². The first-order valence-electron chi connectivity index (χ1n) is 8.00. The average Bonchev–Trinajstić information content (AvgIpc) is 2.92. The first kappa shape index (κ1) is 18.0. The number of fused-ring (bicyclic) bond motifs is 1. The van der Waals surface area contributed by atoms with Crippen molar-refractivity contribution in [2.24, 2.45) is 0 Å². The molecule has 1 N–H and O–H groups in total. The number of carbonyl (C=O) groups is 2. The third kappa shape index (κ3) is 3.76. The Hall–Kier alpha value is -2.34. The summed E-state index contributed by atoms with van der Waals surface area (Å²) in [6, 6.07) is 7.36. The van der Waals surface area contributed by atoms with Crippen molar-refractivity contribution in [2.75, 3.05) is 13.2 Å². The van der Waals surface area contributed by atoms with Crippen molar-refractivity contribution in [3.05, 3.63) is 35.6 Å². The Bertz CT molecular complexity index is 732. The van der Waals surface area contributed by atoms with Crippen LogP contribution in [0, 0.1) is 0 Å². The molecule has 0 radical (unpaired) electrons.